The molecule has 0 aliphatic rings. The van der Waals surface area contributed by atoms with Gasteiger partial charge in [-0.2, -0.15) is 0 Å². The van der Waals surface area contributed by atoms with Crippen molar-refractivity contribution in [1.29, 1.82) is 0 Å². The van der Waals surface area contributed by atoms with Crippen LogP contribution in [0.2, 0.25) is 0 Å². The fourth-order valence-electron chi connectivity index (χ4n) is 1.11. The number of anilines is 1. The molecule has 1 aromatic rings. The first kappa shape index (κ1) is 12.8. The lowest BCUT2D eigenvalue weighted by molar-refractivity contribution is 0.0131. The van der Waals surface area contributed by atoms with Gasteiger partial charge in [-0.05, 0) is 13.3 Å². The zero-order valence-corrected chi connectivity index (χ0v) is 9.37. The average molecular weight is 229 g/mol. The Bertz CT molecular complexity index is 358. The number of rotatable bonds is 5. The van der Waals surface area contributed by atoms with E-state index in [1.807, 2.05) is 0 Å². The molecule has 0 bridgehead atoms. The Morgan fingerprint density at radius 1 is 1.50 bits per heavy atom. The zero-order valence-electron chi connectivity index (χ0n) is 9.37. The van der Waals surface area contributed by atoms with Crippen LogP contribution in [0.15, 0.2) is 6.33 Å². The molecule has 0 fully saturated rings. The molecule has 1 aromatic heterocycles. The second-order valence-electron chi connectivity index (χ2n) is 3.85. The van der Waals surface area contributed by atoms with Gasteiger partial charge >= 0.3 is 0 Å². The molecule has 0 spiro atoms. The number of nitrogens with one attached hydrogen (secondary N) is 1. The molecule has 3 N–H and O–H groups in total. The van der Waals surface area contributed by atoms with Crippen molar-refractivity contribution in [3.8, 4) is 0 Å². The van der Waals surface area contributed by atoms with Crippen LogP contribution in [-0.2, 0) is 6.42 Å². The molecule has 0 aliphatic heterocycles. The van der Waals surface area contributed by atoms with E-state index >= 15 is 0 Å². The first-order valence-corrected chi connectivity index (χ1v) is 5.06. The fourth-order valence-corrected chi connectivity index (χ4v) is 1.11. The van der Waals surface area contributed by atoms with Gasteiger partial charge in [-0.25, -0.2) is 14.4 Å². The average Bonchev–Trinajstić information content (AvgIpc) is 2.28. The molecule has 0 amide bonds. The maximum Gasteiger partial charge on any atom is 0.186 e. The molecular weight excluding hydrogens is 213 g/mol. The third-order valence-electron chi connectivity index (χ3n) is 2.17. The van der Waals surface area contributed by atoms with E-state index in [0.29, 0.717) is 12.1 Å². The Morgan fingerprint density at radius 3 is 2.75 bits per heavy atom. The summed E-state index contributed by atoms with van der Waals surface area (Å²) in [6.45, 7) is 2.84. The predicted molar refractivity (Wildman–Crippen MR) is 57.6 cm³/mol. The van der Waals surface area contributed by atoms with E-state index in [1.165, 1.54) is 13.3 Å². The van der Waals surface area contributed by atoms with E-state index in [1.54, 1.807) is 6.92 Å². The number of halogens is 1. The fraction of sp³-hybridized carbons (Fsp3) is 0.600. The van der Waals surface area contributed by atoms with Gasteiger partial charge in [-0.1, -0.05) is 6.92 Å². The van der Waals surface area contributed by atoms with Crippen LogP contribution in [0.25, 0.3) is 0 Å². The molecule has 6 heteroatoms. The van der Waals surface area contributed by atoms with Crippen LogP contribution in [0.5, 0.6) is 0 Å². The molecule has 1 atom stereocenters. The molecule has 90 valence electrons. The largest absolute Gasteiger partial charge is 0.393 e. The van der Waals surface area contributed by atoms with Gasteiger partial charge in [0.15, 0.2) is 11.6 Å². The number of nitrogens with zero attached hydrogens (tertiary/aromatic N) is 2. The summed E-state index contributed by atoms with van der Waals surface area (Å²) in [4.78, 5) is 7.52. The monoisotopic (exact) mass is 229 g/mol. The van der Waals surface area contributed by atoms with Crippen LogP contribution >= 0.6 is 0 Å². The van der Waals surface area contributed by atoms with E-state index in [4.69, 9.17) is 5.11 Å². The third-order valence-corrected chi connectivity index (χ3v) is 2.17. The van der Waals surface area contributed by atoms with Gasteiger partial charge in [0.2, 0.25) is 0 Å². The lowest BCUT2D eigenvalue weighted by Crippen LogP contribution is -2.37. The van der Waals surface area contributed by atoms with Crippen molar-refractivity contribution < 1.29 is 14.6 Å². The van der Waals surface area contributed by atoms with Gasteiger partial charge in [0.25, 0.3) is 0 Å². The maximum atomic E-state index is 13.6. The van der Waals surface area contributed by atoms with Crippen LogP contribution < -0.4 is 5.32 Å². The quantitative estimate of drug-likeness (QED) is 0.678. The minimum atomic E-state index is -1.30. The van der Waals surface area contributed by atoms with Gasteiger partial charge in [0, 0.05) is 6.54 Å². The number of hydrogen-bond donors (Lipinski definition) is 3. The number of aromatic nitrogens is 2. The Kier molecular flexibility index (Phi) is 4.14. The summed E-state index contributed by atoms with van der Waals surface area (Å²) in [6.07, 6.45) is 1.73. The van der Waals surface area contributed by atoms with Crippen molar-refractivity contribution in [2.75, 3.05) is 18.5 Å². The van der Waals surface area contributed by atoms with Gasteiger partial charge in [-0.3, -0.25) is 0 Å². The second-order valence-corrected chi connectivity index (χ2v) is 3.85. The van der Waals surface area contributed by atoms with Crippen LogP contribution in [0.3, 0.4) is 0 Å². The first-order valence-electron chi connectivity index (χ1n) is 5.06. The lowest BCUT2D eigenvalue weighted by atomic mass is 10.1. The van der Waals surface area contributed by atoms with E-state index < -0.39 is 18.0 Å². The molecular formula is C10H16FN3O2. The van der Waals surface area contributed by atoms with Crippen LogP contribution in [0, 0.1) is 5.82 Å². The highest BCUT2D eigenvalue weighted by molar-refractivity contribution is 5.37. The van der Waals surface area contributed by atoms with Gasteiger partial charge in [0.1, 0.15) is 11.9 Å². The van der Waals surface area contributed by atoms with Gasteiger partial charge < -0.3 is 15.5 Å². The minimum Gasteiger partial charge on any atom is -0.393 e. The SMILES string of the molecule is CCc1ncnc(NCC(C)(O)CO)c1F. The molecule has 0 radical (unpaired) electrons. The lowest BCUT2D eigenvalue weighted by Gasteiger charge is -2.21. The summed E-state index contributed by atoms with van der Waals surface area (Å²) in [5.74, 6) is -0.473. The highest BCUT2D eigenvalue weighted by Gasteiger charge is 2.20. The van der Waals surface area contributed by atoms with Gasteiger partial charge in [0.05, 0.1) is 12.3 Å². The van der Waals surface area contributed by atoms with Crippen molar-refractivity contribution in [1.82, 2.24) is 9.97 Å². The molecule has 5 nitrogen and oxygen atoms in total. The smallest absolute Gasteiger partial charge is 0.186 e. The zero-order chi connectivity index (χ0) is 12.2. The normalized spacial score (nSPS) is 14.6. The Balaban J connectivity index is 2.75. The van der Waals surface area contributed by atoms with E-state index in [2.05, 4.69) is 15.3 Å². The maximum absolute atomic E-state index is 13.6. The molecule has 0 saturated heterocycles. The minimum absolute atomic E-state index is 0.0145. The number of aryl methyl sites for hydroxylation is 1. The summed E-state index contributed by atoms with van der Waals surface area (Å²) in [5, 5.41) is 21.0. The van der Waals surface area contributed by atoms with E-state index in [0.717, 1.165) is 0 Å². The van der Waals surface area contributed by atoms with Crippen LogP contribution in [0.1, 0.15) is 19.5 Å². The van der Waals surface area contributed by atoms with Crippen molar-refractivity contribution in [3.63, 3.8) is 0 Å². The molecule has 16 heavy (non-hydrogen) atoms. The second kappa shape index (κ2) is 5.18. The van der Waals surface area contributed by atoms with Crippen molar-refractivity contribution in [3.05, 3.63) is 17.8 Å². The molecule has 1 unspecified atom stereocenters. The molecule has 0 saturated carbocycles. The van der Waals surface area contributed by atoms with E-state index in [9.17, 15) is 9.50 Å². The standard InChI is InChI=1S/C10H16FN3O2/c1-3-7-8(11)9(14-6-13-7)12-4-10(2,16)5-15/h6,15-16H,3-5H2,1-2H3,(H,12,13,14). The molecule has 1 rings (SSSR count). The van der Waals surface area contributed by atoms with Gasteiger partial charge in [-0.15, -0.1) is 0 Å². The Labute approximate surface area is 93.4 Å². The highest BCUT2D eigenvalue weighted by atomic mass is 19.1. The number of hydrogen-bond acceptors (Lipinski definition) is 5. The topological polar surface area (TPSA) is 78.3 Å². The summed E-state index contributed by atoms with van der Waals surface area (Å²) in [5.41, 5.74) is -0.981. The third kappa shape index (κ3) is 3.11. The highest BCUT2D eigenvalue weighted by Crippen LogP contribution is 2.14. The van der Waals surface area contributed by atoms with Crippen LogP contribution in [0.4, 0.5) is 10.2 Å². The number of aliphatic hydroxyl groups is 2. The van der Waals surface area contributed by atoms with Crippen molar-refractivity contribution in [2.24, 2.45) is 0 Å². The molecule has 0 aromatic carbocycles. The summed E-state index contributed by atoms with van der Waals surface area (Å²) in [6, 6.07) is 0. The van der Waals surface area contributed by atoms with Crippen LogP contribution in [-0.4, -0.2) is 38.9 Å². The predicted octanol–water partition coefficient (Wildman–Crippen LogP) is 0.333. The van der Waals surface area contributed by atoms with Crippen molar-refractivity contribution in [2.45, 2.75) is 25.9 Å². The first-order chi connectivity index (χ1) is 7.50. The number of aliphatic hydroxyl groups excluding tert-OH is 1. The Morgan fingerprint density at radius 2 is 2.19 bits per heavy atom. The summed E-state index contributed by atoms with van der Waals surface area (Å²) >= 11 is 0. The summed E-state index contributed by atoms with van der Waals surface area (Å²) in [7, 11) is 0. The summed E-state index contributed by atoms with van der Waals surface area (Å²) < 4.78 is 13.6. The van der Waals surface area contributed by atoms with Crippen molar-refractivity contribution >= 4 is 5.82 Å². The molecule has 1 heterocycles. The molecule has 0 aliphatic carbocycles. The van der Waals surface area contributed by atoms with E-state index in [-0.39, 0.29) is 12.4 Å². The Hall–Kier alpha value is -1.27.